The molecule has 13 heavy (non-hydrogen) atoms. The van der Waals surface area contributed by atoms with E-state index in [1.165, 1.54) is 0 Å². The highest BCUT2D eigenvalue weighted by Crippen LogP contribution is 1.95. The second kappa shape index (κ2) is 4.93. The monoisotopic (exact) mass is 209 g/mol. The summed E-state index contributed by atoms with van der Waals surface area (Å²) in [6, 6.07) is 0. The maximum absolute atomic E-state index is 10.9. The molecule has 0 bridgehead atoms. The molecule has 0 fully saturated rings. The second-order valence-corrected chi connectivity index (χ2v) is 3.90. The maximum atomic E-state index is 10.9. The van der Waals surface area contributed by atoms with Crippen LogP contribution in [0.1, 0.15) is 13.3 Å². The number of carbonyl (C=O) groups is 2. The Balaban J connectivity index is 4.43. The van der Waals surface area contributed by atoms with E-state index >= 15 is 0 Å². The number of rotatable bonds is 5. The van der Waals surface area contributed by atoms with Gasteiger partial charge >= 0.3 is 0 Å². The van der Waals surface area contributed by atoms with Gasteiger partial charge in [0.25, 0.3) is 10.1 Å². The number of hydrogen-bond acceptors (Lipinski definition) is 4. The number of nitrogens with one attached hydrogen (secondary N) is 1. The number of hydrogen-bond donors (Lipinski definition) is 2. The van der Waals surface area contributed by atoms with Crippen LogP contribution in [-0.4, -0.2) is 37.0 Å². The van der Waals surface area contributed by atoms with Crippen molar-refractivity contribution in [1.82, 2.24) is 5.32 Å². The Hall–Kier alpha value is -0.950. The van der Waals surface area contributed by atoms with Crippen molar-refractivity contribution in [3.8, 4) is 0 Å². The molecular weight excluding hydrogens is 198 g/mol. The standard InChI is InChI=1S/C6H11NO5S/c1-2-3-7-6(9)5(4-8)13(10,11)12/h4-5H,2-3H2,1H3,(H,7,9)(H,10,11,12). The third-order valence-electron chi connectivity index (χ3n) is 1.25. The van der Waals surface area contributed by atoms with Gasteiger partial charge in [0, 0.05) is 6.54 Å². The van der Waals surface area contributed by atoms with Gasteiger partial charge in [-0.3, -0.25) is 9.35 Å². The SMILES string of the molecule is CCCNC(=O)C(C=O)S(=O)(=O)O. The van der Waals surface area contributed by atoms with E-state index in [4.69, 9.17) is 4.55 Å². The number of carbonyl (C=O) groups excluding carboxylic acids is 2. The summed E-state index contributed by atoms with van der Waals surface area (Å²) >= 11 is 0. The molecule has 6 nitrogen and oxygen atoms in total. The van der Waals surface area contributed by atoms with Gasteiger partial charge in [-0.2, -0.15) is 8.42 Å². The normalized spacial score (nSPS) is 13.4. The molecule has 0 aromatic rings. The molecule has 1 atom stereocenters. The van der Waals surface area contributed by atoms with Crippen LogP contribution in [0.25, 0.3) is 0 Å². The van der Waals surface area contributed by atoms with Gasteiger partial charge in [-0.25, -0.2) is 0 Å². The molecule has 1 amide bonds. The minimum atomic E-state index is -4.62. The van der Waals surface area contributed by atoms with E-state index in [1.807, 2.05) is 0 Å². The highest BCUT2D eigenvalue weighted by molar-refractivity contribution is 7.88. The number of aldehydes is 1. The van der Waals surface area contributed by atoms with E-state index in [9.17, 15) is 18.0 Å². The van der Waals surface area contributed by atoms with Crippen LogP contribution in [0.15, 0.2) is 0 Å². The van der Waals surface area contributed by atoms with Gasteiger partial charge in [-0.1, -0.05) is 6.92 Å². The fourth-order valence-corrected chi connectivity index (χ4v) is 1.11. The lowest BCUT2D eigenvalue weighted by atomic mass is 10.4. The molecule has 2 N–H and O–H groups in total. The Bertz CT molecular complexity index is 283. The van der Waals surface area contributed by atoms with Crippen LogP contribution in [0.2, 0.25) is 0 Å². The van der Waals surface area contributed by atoms with Gasteiger partial charge < -0.3 is 10.1 Å². The summed E-state index contributed by atoms with van der Waals surface area (Å²) in [5.41, 5.74) is 0. The molecule has 1 unspecified atom stereocenters. The van der Waals surface area contributed by atoms with Crippen LogP contribution in [0, 0.1) is 0 Å². The first-order valence-electron chi connectivity index (χ1n) is 3.62. The number of amides is 1. The predicted molar refractivity (Wildman–Crippen MR) is 44.7 cm³/mol. The van der Waals surface area contributed by atoms with E-state index in [1.54, 1.807) is 6.92 Å². The van der Waals surface area contributed by atoms with Gasteiger partial charge in [0.2, 0.25) is 11.2 Å². The van der Waals surface area contributed by atoms with Crippen molar-refractivity contribution < 1.29 is 22.6 Å². The Kier molecular flexibility index (Phi) is 4.57. The Morgan fingerprint density at radius 3 is 2.46 bits per heavy atom. The van der Waals surface area contributed by atoms with Crippen LogP contribution in [0.5, 0.6) is 0 Å². The summed E-state index contributed by atoms with van der Waals surface area (Å²) in [6.07, 6.45) is 0.503. The van der Waals surface area contributed by atoms with Crippen molar-refractivity contribution >= 4 is 22.3 Å². The summed E-state index contributed by atoms with van der Waals surface area (Å²) < 4.78 is 29.3. The summed E-state index contributed by atoms with van der Waals surface area (Å²) in [5.74, 6) is -1.00. The average molecular weight is 209 g/mol. The van der Waals surface area contributed by atoms with E-state index in [-0.39, 0.29) is 12.8 Å². The largest absolute Gasteiger partial charge is 0.355 e. The van der Waals surface area contributed by atoms with Crippen LogP contribution in [0.3, 0.4) is 0 Å². The molecule has 0 aromatic carbocycles. The van der Waals surface area contributed by atoms with Crippen molar-refractivity contribution in [3.63, 3.8) is 0 Å². The van der Waals surface area contributed by atoms with Crippen molar-refractivity contribution in [2.45, 2.75) is 18.6 Å². The van der Waals surface area contributed by atoms with E-state index in [0.29, 0.717) is 6.42 Å². The Morgan fingerprint density at radius 1 is 1.62 bits per heavy atom. The summed E-state index contributed by atoms with van der Waals surface area (Å²) in [7, 11) is -4.62. The fourth-order valence-electron chi connectivity index (χ4n) is 0.616. The zero-order chi connectivity index (χ0) is 10.5. The molecular formula is C6H11NO5S. The third-order valence-corrected chi connectivity index (χ3v) is 2.22. The Labute approximate surface area is 76.1 Å². The van der Waals surface area contributed by atoms with Gasteiger partial charge in [0.15, 0.2) is 0 Å². The van der Waals surface area contributed by atoms with Gasteiger partial charge in [-0.05, 0) is 6.42 Å². The first-order chi connectivity index (χ1) is 5.93. The van der Waals surface area contributed by atoms with Crippen molar-refractivity contribution in [2.24, 2.45) is 0 Å². The molecule has 0 rings (SSSR count). The minimum absolute atomic E-state index is 0.111. The molecule has 0 aliphatic carbocycles. The third kappa shape index (κ3) is 4.00. The first kappa shape index (κ1) is 12.0. The van der Waals surface area contributed by atoms with Gasteiger partial charge in [0.1, 0.15) is 6.29 Å². The Morgan fingerprint density at radius 2 is 2.15 bits per heavy atom. The van der Waals surface area contributed by atoms with Crippen molar-refractivity contribution in [2.75, 3.05) is 6.54 Å². The molecule has 0 radical (unpaired) electrons. The first-order valence-corrected chi connectivity index (χ1v) is 5.13. The second-order valence-electron chi connectivity index (χ2n) is 2.36. The van der Waals surface area contributed by atoms with E-state index in [2.05, 4.69) is 5.32 Å². The van der Waals surface area contributed by atoms with Gasteiger partial charge in [0.05, 0.1) is 0 Å². The topological polar surface area (TPSA) is 101 Å². The van der Waals surface area contributed by atoms with Crippen LogP contribution in [-0.2, 0) is 19.7 Å². The minimum Gasteiger partial charge on any atom is -0.355 e. The lowest BCUT2D eigenvalue weighted by Crippen LogP contribution is -2.40. The molecule has 0 saturated heterocycles. The summed E-state index contributed by atoms with van der Waals surface area (Å²) in [4.78, 5) is 21.1. The molecule has 0 aliphatic heterocycles. The fraction of sp³-hybridized carbons (Fsp3) is 0.667. The smallest absolute Gasteiger partial charge is 0.283 e. The highest BCUT2D eigenvalue weighted by atomic mass is 32.2. The molecule has 0 spiro atoms. The van der Waals surface area contributed by atoms with Crippen LogP contribution >= 0.6 is 0 Å². The quantitative estimate of drug-likeness (QED) is 0.342. The van der Waals surface area contributed by atoms with Crippen molar-refractivity contribution in [3.05, 3.63) is 0 Å². The predicted octanol–water partition coefficient (Wildman–Crippen LogP) is -1.03. The summed E-state index contributed by atoms with van der Waals surface area (Å²) in [6.45, 7) is 2.03. The van der Waals surface area contributed by atoms with Crippen LogP contribution in [0.4, 0.5) is 0 Å². The van der Waals surface area contributed by atoms with E-state index in [0.717, 1.165) is 0 Å². The molecule has 0 saturated carbocycles. The zero-order valence-electron chi connectivity index (χ0n) is 7.06. The maximum Gasteiger partial charge on any atom is 0.283 e. The molecule has 7 heteroatoms. The molecule has 0 heterocycles. The highest BCUT2D eigenvalue weighted by Gasteiger charge is 2.29. The zero-order valence-corrected chi connectivity index (χ0v) is 7.87. The summed E-state index contributed by atoms with van der Waals surface area (Å²) in [5, 5.41) is 0.166. The molecule has 76 valence electrons. The average Bonchev–Trinajstić information content (AvgIpc) is 1.99. The molecule has 0 aromatic heterocycles. The van der Waals surface area contributed by atoms with E-state index < -0.39 is 21.3 Å². The lowest BCUT2D eigenvalue weighted by Gasteiger charge is -2.06. The van der Waals surface area contributed by atoms with Crippen molar-refractivity contribution in [1.29, 1.82) is 0 Å². The molecule has 0 aliphatic rings. The van der Waals surface area contributed by atoms with Gasteiger partial charge in [-0.15, -0.1) is 0 Å². The van der Waals surface area contributed by atoms with Crippen LogP contribution < -0.4 is 5.32 Å². The lowest BCUT2D eigenvalue weighted by molar-refractivity contribution is -0.123.